The molecule has 0 bridgehead atoms. The maximum atomic E-state index is 13.8. The van der Waals surface area contributed by atoms with Gasteiger partial charge in [0, 0.05) is 4.47 Å². The summed E-state index contributed by atoms with van der Waals surface area (Å²) in [6.45, 7) is 4.93. The van der Waals surface area contributed by atoms with Crippen LogP contribution in [0, 0.1) is 35.7 Å². The SMILES string of the molecule is Cc1nn(CC(C)C(=O)Nc2ccc(Br)cc2F)c(C)c1[N+](=O)[O-]. The summed E-state index contributed by atoms with van der Waals surface area (Å²) in [6.07, 6.45) is 0. The highest BCUT2D eigenvalue weighted by atomic mass is 79.9. The van der Waals surface area contributed by atoms with Gasteiger partial charge in [-0.3, -0.25) is 19.6 Å². The Balaban J connectivity index is 2.12. The van der Waals surface area contributed by atoms with Crippen molar-refractivity contribution in [2.45, 2.75) is 27.3 Å². The van der Waals surface area contributed by atoms with Crippen LogP contribution < -0.4 is 5.32 Å². The van der Waals surface area contributed by atoms with Crippen molar-refractivity contribution in [3.8, 4) is 0 Å². The molecule has 2 aromatic rings. The van der Waals surface area contributed by atoms with Crippen molar-refractivity contribution in [1.82, 2.24) is 9.78 Å². The van der Waals surface area contributed by atoms with Gasteiger partial charge >= 0.3 is 5.69 Å². The summed E-state index contributed by atoms with van der Waals surface area (Å²) in [5.74, 6) is -1.50. The highest BCUT2D eigenvalue weighted by molar-refractivity contribution is 9.10. The third kappa shape index (κ3) is 3.78. The van der Waals surface area contributed by atoms with Gasteiger partial charge in [0.05, 0.1) is 23.1 Å². The Bertz CT molecular complexity index is 806. The monoisotopic (exact) mass is 398 g/mol. The number of anilines is 1. The summed E-state index contributed by atoms with van der Waals surface area (Å²) in [5, 5.41) is 17.6. The predicted octanol–water partition coefficient (Wildman–Crippen LogP) is 3.58. The maximum absolute atomic E-state index is 13.8. The number of nitrogens with one attached hydrogen (secondary N) is 1. The van der Waals surface area contributed by atoms with Gasteiger partial charge in [-0.15, -0.1) is 0 Å². The van der Waals surface area contributed by atoms with E-state index < -0.39 is 22.6 Å². The number of amides is 1. The molecule has 0 saturated carbocycles. The number of hydrogen-bond acceptors (Lipinski definition) is 4. The zero-order chi connectivity index (χ0) is 18.0. The van der Waals surface area contributed by atoms with Gasteiger partial charge in [-0.1, -0.05) is 22.9 Å². The second-order valence-corrected chi connectivity index (χ2v) is 6.39. The van der Waals surface area contributed by atoms with Crippen molar-refractivity contribution in [3.63, 3.8) is 0 Å². The van der Waals surface area contributed by atoms with E-state index in [2.05, 4.69) is 26.3 Å². The molecule has 0 aliphatic heterocycles. The number of carbonyl (C=O) groups is 1. The Labute approximate surface area is 146 Å². The van der Waals surface area contributed by atoms with E-state index in [4.69, 9.17) is 0 Å². The van der Waals surface area contributed by atoms with Crippen LogP contribution in [0.15, 0.2) is 22.7 Å². The molecule has 0 radical (unpaired) electrons. The van der Waals surface area contributed by atoms with E-state index in [9.17, 15) is 19.3 Å². The Morgan fingerprint density at radius 2 is 2.17 bits per heavy atom. The molecule has 1 amide bonds. The number of nitrogens with zero attached hydrogens (tertiary/aromatic N) is 3. The lowest BCUT2D eigenvalue weighted by molar-refractivity contribution is -0.386. The fourth-order valence-corrected chi connectivity index (χ4v) is 2.65. The first-order valence-electron chi connectivity index (χ1n) is 7.15. The molecule has 7 nitrogen and oxygen atoms in total. The molecule has 0 aliphatic rings. The Hall–Kier alpha value is -2.29. The fourth-order valence-electron chi connectivity index (χ4n) is 2.32. The van der Waals surface area contributed by atoms with Crippen LogP contribution in [0.2, 0.25) is 0 Å². The topological polar surface area (TPSA) is 90.1 Å². The molecule has 0 fully saturated rings. The van der Waals surface area contributed by atoms with Crippen LogP contribution in [-0.2, 0) is 11.3 Å². The van der Waals surface area contributed by atoms with Gasteiger partial charge in [-0.25, -0.2) is 4.39 Å². The van der Waals surface area contributed by atoms with Gasteiger partial charge in [0.15, 0.2) is 0 Å². The maximum Gasteiger partial charge on any atom is 0.312 e. The third-order valence-corrected chi connectivity index (χ3v) is 4.10. The van der Waals surface area contributed by atoms with Crippen LogP contribution in [0.4, 0.5) is 15.8 Å². The minimum absolute atomic E-state index is 0.0541. The summed E-state index contributed by atoms with van der Waals surface area (Å²) in [6, 6.07) is 4.33. The largest absolute Gasteiger partial charge is 0.323 e. The van der Waals surface area contributed by atoms with Crippen molar-refractivity contribution in [2.24, 2.45) is 5.92 Å². The number of benzene rings is 1. The van der Waals surface area contributed by atoms with Crippen molar-refractivity contribution in [2.75, 3.05) is 5.32 Å². The molecule has 1 atom stereocenters. The number of carbonyl (C=O) groups excluding carboxylic acids is 1. The number of hydrogen-bond donors (Lipinski definition) is 1. The molecule has 9 heteroatoms. The van der Waals surface area contributed by atoms with E-state index >= 15 is 0 Å². The van der Waals surface area contributed by atoms with Crippen LogP contribution in [0.25, 0.3) is 0 Å². The van der Waals surface area contributed by atoms with Gasteiger partial charge in [-0.2, -0.15) is 5.10 Å². The first-order valence-corrected chi connectivity index (χ1v) is 7.94. The highest BCUT2D eigenvalue weighted by Gasteiger charge is 2.24. The standard InChI is InChI=1S/C15H16BrFN4O3/c1-8(7-20-10(3)14(21(23)24)9(2)19-20)15(22)18-13-5-4-11(16)6-12(13)17/h4-6,8H,7H2,1-3H3,(H,18,22). The molecule has 1 aromatic carbocycles. The highest BCUT2D eigenvalue weighted by Crippen LogP contribution is 2.23. The van der Waals surface area contributed by atoms with Gasteiger partial charge in [0.2, 0.25) is 5.91 Å². The van der Waals surface area contributed by atoms with E-state index in [1.54, 1.807) is 26.8 Å². The lowest BCUT2D eigenvalue weighted by Gasteiger charge is -2.13. The molecule has 24 heavy (non-hydrogen) atoms. The van der Waals surface area contributed by atoms with E-state index in [0.29, 0.717) is 15.9 Å². The Morgan fingerprint density at radius 3 is 2.71 bits per heavy atom. The van der Waals surface area contributed by atoms with Crippen LogP contribution in [-0.4, -0.2) is 20.6 Å². The van der Waals surface area contributed by atoms with Crippen LogP contribution in [0.5, 0.6) is 0 Å². The van der Waals surface area contributed by atoms with E-state index in [0.717, 1.165) is 0 Å². The quantitative estimate of drug-likeness (QED) is 0.615. The zero-order valence-electron chi connectivity index (χ0n) is 13.3. The lowest BCUT2D eigenvalue weighted by atomic mass is 10.1. The summed E-state index contributed by atoms with van der Waals surface area (Å²) in [4.78, 5) is 22.7. The molecule has 0 spiro atoms. The Morgan fingerprint density at radius 1 is 1.50 bits per heavy atom. The normalized spacial score (nSPS) is 12.0. The third-order valence-electron chi connectivity index (χ3n) is 3.61. The second kappa shape index (κ2) is 7.08. The minimum Gasteiger partial charge on any atom is -0.323 e. The second-order valence-electron chi connectivity index (χ2n) is 5.47. The summed E-state index contributed by atoms with van der Waals surface area (Å²) in [5.41, 5.74) is 0.701. The average Bonchev–Trinajstić information content (AvgIpc) is 2.76. The number of nitro groups is 1. The smallest absolute Gasteiger partial charge is 0.312 e. The lowest BCUT2D eigenvalue weighted by Crippen LogP contribution is -2.25. The molecule has 2 rings (SSSR count). The van der Waals surface area contributed by atoms with Gasteiger partial charge in [-0.05, 0) is 32.0 Å². The van der Waals surface area contributed by atoms with Gasteiger partial charge < -0.3 is 5.32 Å². The summed E-state index contributed by atoms with van der Waals surface area (Å²) in [7, 11) is 0. The number of halogens is 2. The van der Waals surface area contributed by atoms with Crippen LogP contribution in [0.3, 0.4) is 0 Å². The predicted molar refractivity (Wildman–Crippen MR) is 90.2 cm³/mol. The molecule has 0 aliphatic carbocycles. The van der Waals surface area contributed by atoms with Gasteiger partial charge in [0.1, 0.15) is 17.2 Å². The van der Waals surface area contributed by atoms with Crippen molar-refractivity contribution in [1.29, 1.82) is 0 Å². The number of aromatic nitrogens is 2. The van der Waals surface area contributed by atoms with E-state index in [1.807, 2.05) is 0 Å². The molecule has 1 aromatic heterocycles. The van der Waals surface area contributed by atoms with Gasteiger partial charge in [0.25, 0.3) is 0 Å². The van der Waals surface area contributed by atoms with E-state index in [1.165, 1.54) is 16.8 Å². The molecule has 0 saturated heterocycles. The first-order chi connectivity index (χ1) is 11.2. The summed E-state index contributed by atoms with van der Waals surface area (Å²) >= 11 is 3.15. The molecule has 1 heterocycles. The molecular weight excluding hydrogens is 383 g/mol. The average molecular weight is 399 g/mol. The van der Waals surface area contributed by atoms with Crippen LogP contribution in [0.1, 0.15) is 18.3 Å². The molecule has 1 N–H and O–H groups in total. The number of aryl methyl sites for hydroxylation is 1. The molecule has 1 unspecified atom stereocenters. The first kappa shape index (κ1) is 18.1. The van der Waals surface area contributed by atoms with Crippen LogP contribution >= 0.6 is 15.9 Å². The number of rotatable bonds is 5. The molecular formula is C15H16BrFN4O3. The fraction of sp³-hybridized carbons (Fsp3) is 0.333. The van der Waals surface area contributed by atoms with Crippen molar-refractivity contribution in [3.05, 3.63) is 50.0 Å². The van der Waals surface area contributed by atoms with Crippen molar-refractivity contribution >= 4 is 33.2 Å². The minimum atomic E-state index is -0.550. The molecule has 128 valence electrons. The Kier molecular flexibility index (Phi) is 5.33. The zero-order valence-corrected chi connectivity index (χ0v) is 14.9. The summed E-state index contributed by atoms with van der Waals surface area (Å²) < 4.78 is 15.8. The van der Waals surface area contributed by atoms with E-state index in [-0.39, 0.29) is 17.9 Å². The van der Waals surface area contributed by atoms with Crippen molar-refractivity contribution < 1.29 is 14.1 Å².